The van der Waals surface area contributed by atoms with Crippen molar-refractivity contribution in [2.45, 2.75) is 101 Å². The Morgan fingerprint density at radius 2 is 1.27 bits per heavy atom. The van der Waals surface area contributed by atoms with E-state index in [1.807, 2.05) is 26.0 Å². The molecule has 1 rings (SSSR count). The Kier molecular flexibility index (Phi) is 18.2. The molecule has 0 aliphatic carbocycles. The van der Waals surface area contributed by atoms with E-state index in [0.717, 1.165) is 17.6 Å². The highest BCUT2D eigenvalue weighted by molar-refractivity contribution is 5.29. The fourth-order valence-electron chi connectivity index (χ4n) is 2.39. The van der Waals surface area contributed by atoms with Crippen LogP contribution in [0.15, 0.2) is 24.3 Å². The molecule has 0 aromatic heterocycles. The first kappa shape index (κ1) is 27.2. The van der Waals surface area contributed by atoms with Gasteiger partial charge >= 0.3 is 0 Å². The fourth-order valence-corrected chi connectivity index (χ4v) is 2.39. The zero-order chi connectivity index (χ0) is 20.5. The summed E-state index contributed by atoms with van der Waals surface area (Å²) in [6.45, 7) is 22.1. The van der Waals surface area contributed by atoms with Crippen LogP contribution in [-0.2, 0) is 4.74 Å². The van der Waals surface area contributed by atoms with Gasteiger partial charge in [-0.3, -0.25) is 0 Å². The molecule has 1 aromatic carbocycles. The number of benzene rings is 1. The van der Waals surface area contributed by atoms with E-state index in [2.05, 4.69) is 67.5 Å². The molecule has 0 heterocycles. The van der Waals surface area contributed by atoms with E-state index >= 15 is 0 Å². The Labute approximate surface area is 164 Å². The van der Waals surface area contributed by atoms with Crippen LogP contribution in [-0.4, -0.2) is 12.9 Å². The molecular weight excluding hydrogens is 320 g/mol. The molecule has 2 unspecified atom stereocenters. The molecule has 0 saturated carbocycles. The predicted octanol–water partition coefficient (Wildman–Crippen LogP) is 8.07. The lowest BCUT2D eigenvalue weighted by atomic mass is 9.88. The quantitative estimate of drug-likeness (QED) is 0.433. The Morgan fingerprint density at radius 1 is 0.808 bits per heavy atom. The van der Waals surface area contributed by atoms with Gasteiger partial charge in [-0.15, -0.1) is 0 Å². The van der Waals surface area contributed by atoms with Crippen LogP contribution in [0.3, 0.4) is 0 Å². The molecule has 1 aromatic rings. The topological polar surface area (TPSA) is 18.5 Å². The molecule has 2 atom stereocenters. The molecule has 0 aliphatic heterocycles. The summed E-state index contributed by atoms with van der Waals surface area (Å²) < 4.78 is 11.1. The van der Waals surface area contributed by atoms with Gasteiger partial charge in [-0.2, -0.15) is 0 Å². The maximum atomic E-state index is 5.68. The lowest BCUT2D eigenvalue weighted by Gasteiger charge is -2.19. The molecular formula is C24H46O2. The monoisotopic (exact) mass is 366 g/mol. The Morgan fingerprint density at radius 3 is 1.62 bits per heavy atom. The van der Waals surface area contributed by atoms with Crippen LogP contribution < -0.4 is 4.74 Å². The van der Waals surface area contributed by atoms with Crippen molar-refractivity contribution in [3.63, 3.8) is 0 Å². The largest absolute Gasteiger partial charge is 0.465 e. The van der Waals surface area contributed by atoms with Crippen molar-refractivity contribution in [3.05, 3.63) is 29.8 Å². The van der Waals surface area contributed by atoms with Crippen molar-refractivity contribution in [2.24, 2.45) is 11.8 Å². The van der Waals surface area contributed by atoms with Crippen LogP contribution >= 0.6 is 0 Å². The van der Waals surface area contributed by atoms with E-state index in [4.69, 9.17) is 9.47 Å². The molecule has 154 valence electrons. The summed E-state index contributed by atoms with van der Waals surface area (Å²) >= 11 is 0. The Hall–Kier alpha value is -1.02. The smallest absolute Gasteiger partial charge is 0.196 e. The van der Waals surface area contributed by atoms with Gasteiger partial charge in [-0.05, 0) is 62.1 Å². The van der Waals surface area contributed by atoms with Crippen molar-refractivity contribution >= 4 is 0 Å². The highest BCUT2D eigenvalue weighted by Gasteiger charge is 2.11. The van der Waals surface area contributed by atoms with Crippen LogP contribution in [0.4, 0.5) is 0 Å². The summed E-state index contributed by atoms with van der Waals surface area (Å²) in [5.74, 6) is 3.10. The first-order valence-electron chi connectivity index (χ1n) is 10.6. The molecule has 0 N–H and O–H groups in total. The van der Waals surface area contributed by atoms with Gasteiger partial charge in [-0.25, -0.2) is 0 Å². The molecule has 2 nitrogen and oxygen atoms in total. The second kappa shape index (κ2) is 17.4. The van der Waals surface area contributed by atoms with Gasteiger partial charge in [-0.1, -0.05) is 73.9 Å². The van der Waals surface area contributed by atoms with Crippen LogP contribution in [0.2, 0.25) is 0 Å². The SMILES string of the molecule is CC(C)C.CCC.CCOC(C)Oc1ccc(C(CC)CC(C)C)cc1. The van der Waals surface area contributed by atoms with E-state index in [0.29, 0.717) is 12.5 Å². The minimum absolute atomic E-state index is 0.187. The number of ether oxygens (including phenoxy) is 2. The van der Waals surface area contributed by atoms with Gasteiger partial charge in [0, 0.05) is 6.61 Å². The second-order valence-electron chi connectivity index (χ2n) is 7.88. The van der Waals surface area contributed by atoms with Crippen LogP contribution in [0.5, 0.6) is 5.75 Å². The molecule has 0 bridgehead atoms. The van der Waals surface area contributed by atoms with Gasteiger partial charge in [0.05, 0.1) is 0 Å². The zero-order valence-electron chi connectivity index (χ0n) is 19.3. The number of rotatable bonds is 8. The molecule has 0 radical (unpaired) electrons. The molecule has 2 heteroatoms. The maximum Gasteiger partial charge on any atom is 0.196 e. The lowest BCUT2D eigenvalue weighted by molar-refractivity contribution is -0.0613. The molecule has 26 heavy (non-hydrogen) atoms. The first-order valence-corrected chi connectivity index (χ1v) is 10.6. The highest BCUT2D eigenvalue weighted by Crippen LogP contribution is 2.28. The van der Waals surface area contributed by atoms with E-state index in [1.165, 1.54) is 24.8 Å². The average molecular weight is 367 g/mol. The summed E-state index contributed by atoms with van der Waals surface area (Å²) in [5.41, 5.74) is 1.41. The molecule has 0 aliphatic rings. The van der Waals surface area contributed by atoms with Crippen LogP contribution in [0.1, 0.15) is 100.0 Å². The number of hydrogen-bond acceptors (Lipinski definition) is 2. The third-order valence-corrected chi connectivity index (χ3v) is 3.30. The average Bonchev–Trinajstić information content (AvgIpc) is 2.54. The summed E-state index contributed by atoms with van der Waals surface area (Å²) in [7, 11) is 0. The van der Waals surface area contributed by atoms with Crippen molar-refractivity contribution in [1.29, 1.82) is 0 Å². The molecule has 0 spiro atoms. The second-order valence-corrected chi connectivity index (χ2v) is 7.88. The van der Waals surface area contributed by atoms with Gasteiger partial charge in [0.1, 0.15) is 5.75 Å². The van der Waals surface area contributed by atoms with Gasteiger partial charge < -0.3 is 9.47 Å². The summed E-state index contributed by atoms with van der Waals surface area (Å²) in [6.07, 6.45) is 3.49. The summed E-state index contributed by atoms with van der Waals surface area (Å²) in [6, 6.07) is 8.47. The fraction of sp³-hybridized carbons (Fsp3) is 0.750. The van der Waals surface area contributed by atoms with Gasteiger partial charge in [0.25, 0.3) is 0 Å². The Balaban J connectivity index is 0. The molecule has 0 fully saturated rings. The minimum Gasteiger partial charge on any atom is -0.465 e. The number of hydrogen-bond donors (Lipinski definition) is 0. The minimum atomic E-state index is -0.187. The molecule has 0 amide bonds. The van der Waals surface area contributed by atoms with E-state index < -0.39 is 0 Å². The third-order valence-electron chi connectivity index (χ3n) is 3.30. The summed E-state index contributed by atoms with van der Waals surface area (Å²) in [4.78, 5) is 0. The lowest BCUT2D eigenvalue weighted by Crippen LogP contribution is -2.15. The zero-order valence-corrected chi connectivity index (χ0v) is 19.3. The molecule has 0 saturated heterocycles. The van der Waals surface area contributed by atoms with E-state index in [9.17, 15) is 0 Å². The first-order chi connectivity index (χ1) is 12.2. The highest BCUT2D eigenvalue weighted by atomic mass is 16.7. The van der Waals surface area contributed by atoms with Crippen LogP contribution in [0, 0.1) is 11.8 Å². The van der Waals surface area contributed by atoms with Crippen molar-refractivity contribution < 1.29 is 9.47 Å². The summed E-state index contributed by atoms with van der Waals surface area (Å²) in [5, 5.41) is 0. The van der Waals surface area contributed by atoms with Crippen LogP contribution in [0.25, 0.3) is 0 Å². The maximum absolute atomic E-state index is 5.68. The van der Waals surface area contributed by atoms with Gasteiger partial charge in [0.2, 0.25) is 0 Å². The Bertz CT molecular complexity index is 392. The van der Waals surface area contributed by atoms with Crippen molar-refractivity contribution in [3.8, 4) is 5.75 Å². The van der Waals surface area contributed by atoms with Crippen molar-refractivity contribution in [1.82, 2.24) is 0 Å². The van der Waals surface area contributed by atoms with E-state index in [1.54, 1.807) is 0 Å². The van der Waals surface area contributed by atoms with Crippen molar-refractivity contribution in [2.75, 3.05) is 6.61 Å². The standard InChI is InChI=1S/C17H28O2.C4H10.C3H8/c1-6-15(12-13(3)4)16-8-10-17(11-9-16)19-14(5)18-7-2;1-4(2)3;1-3-2/h8-11,13-15H,6-7,12H2,1-5H3;4H,1-3H3;3H2,1-2H3. The van der Waals surface area contributed by atoms with E-state index in [-0.39, 0.29) is 6.29 Å². The predicted molar refractivity (Wildman–Crippen MR) is 117 cm³/mol. The normalized spacial score (nSPS) is 12.6. The third kappa shape index (κ3) is 16.4. The van der Waals surface area contributed by atoms with Gasteiger partial charge in [0.15, 0.2) is 6.29 Å².